The Balaban J connectivity index is 2.71. The van der Waals surface area contributed by atoms with E-state index in [1.807, 2.05) is 0 Å². The monoisotopic (exact) mass is 168 g/mol. The largest absolute Gasteiger partial charge is 0.480 e. The quantitative estimate of drug-likeness (QED) is 0.598. The van der Waals surface area contributed by atoms with Gasteiger partial charge in [-0.25, -0.2) is 9.97 Å². The summed E-state index contributed by atoms with van der Waals surface area (Å²) in [5.74, 6) is 0.128. The lowest BCUT2D eigenvalue weighted by Crippen LogP contribution is -2.03. The minimum Gasteiger partial charge on any atom is -0.480 e. The summed E-state index contributed by atoms with van der Waals surface area (Å²) in [7, 11) is 1.48. The van der Waals surface area contributed by atoms with Crippen LogP contribution < -0.4 is 9.47 Å². The lowest BCUT2D eigenvalue weighted by Gasteiger charge is -1.99. The summed E-state index contributed by atoms with van der Waals surface area (Å²) in [5, 5.41) is 0. The van der Waals surface area contributed by atoms with Gasteiger partial charge in [0.2, 0.25) is 11.8 Å². The molecule has 0 bridgehead atoms. The number of ether oxygens (including phenoxy) is 2. The third-order valence-corrected chi connectivity index (χ3v) is 1.06. The summed E-state index contributed by atoms with van der Waals surface area (Å²) < 4.78 is 9.41. The van der Waals surface area contributed by atoms with Gasteiger partial charge in [0.1, 0.15) is 0 Å². The van der Waals surface area contributed by atoms with Gasteiger partial charge in [0, 0.05) is 6.92 Å². The molecule has 1 aromatic heterocycles. The molecule has 64 valence electrons. The Morgan fingerprint density at radius 1 is 1.33 bits per heavy atom. The highest BCUT2D eigenvalue weighted by molar-refractivity contribution is 5.68. The van der Waals surface area contributed by atoms with Gasteiger partial charge < -0.3 is 9.47 Å². The van der Waals surface area contributed by atoms with Gasteiger partial charge in [0.15, 0.2) is 0 Å². The topological polar surface area (TPSA) is 61.3 Å². The van der Waals surface area contributed by atoms with Crippen molar-refractivity contribution in [2.24, 2.45) is 0 Å². The van der Waals surface area contributed by atoms with Crippen molar-refractivity contribution in [1.82, 2.24) is 9.97 Å². The van der Waals surface area contributed by atoms with E-state index in [0.717, 1.165) is 0 Å². The number of esters is 1. The van der Waals surface area contributed by atoms with Crippen LogP contribution in [0.25, 0.3) is 0 Å². The molecular formula is C7H8N2O3. The minimum atomic E-state index is -0.422. The van der Waals surface area contributed by atoms with Crippen molar-refractivity contribution in [3.63, 3.8) is 0 Å². The maximum absolute atomic E-state index is 10.4. The number of methoxy groups -OCH3 is 1. The van der Waals surface area contributed by atoms with Crippen molar-refractivity contribution < 1.29 is 14.3 Å². The number of hydrogen-bond acceptors (Lipinski definition) is 5. The van der Waals surface area contributed by atoms with Crippen molar-refractivity contribution in [3.05, 3.63) is 12.4 Å². The predicted molar refractivity (Wildman–Crippen MR) is 39.9 cm³/mol. The van der Waals surface area contributed by atoms with Crippen LogP contribution in [-0.4, -0.2) is 23.0 Å². The van der Waals surface area contributed by atoms with Crippen LogP contribution in [0, 0.1) is 0 Å². The van der Waals surface area contributed by atoms with Gasteiger partial charge in [0.25, 0.3) is 0 Å². The van der Waals surface area contributed by atoms with Crippen molar-refractivity contribution >= 4 is 5.97 Å². The average Bonchev–Trinajstić information content (AvgIpc) is 2.05. The molecule has 5 heteroatoms. The van der Waals surface area contributed by atoms with Crippen molar-refractivity contribution in [3.8, 4) is 11.8 Å². The van der Waals surface area contributed by atoms with Crippen LogP contribution in [-0.2, 0) is 4.79 Å². The van der Waals surface area contributed by atoms with Gasteiger partial charge in [-0.2, -0.15) is 0 Å². The number of aromatic nitrogens is 2. The van der Waals surface area contributed by atoms with E-state index in [4.69, 9.17) is 4.74 Å². The van der Waals surface area contributed by atoms with Crippen LogP contribution in [0.2, 0.25) is 0 Å². The molecular weight excluding hydrogens is 160 g/mol. The Morgan fingerprint density at radius 3 is 2.33 bits per heavy atom. The smallest absolute Gasteiger partial charge is 0.309 e. The molecule has 0 unspecified atom stereocenters. The zero-order valence-corrected chi connectivity index (χ0v) is 6.77. The number of rotatable bonds is 2. The Labute approximate surface area is 69.4 Å². The average molecular weight is 168 g/mol. The lowest BCUT2D eigenvalue weighted by molar-refractivity contribution is -0.132. The van der Waals surface area contributed by atoms with Crippen LogP contribution in [0.5, 0.6) is 11.8 Å². The fourth-order valence-electron chi connectivity index (χ4n) is 0.610. The molecule has 0 aromatic carbocycles. The van der Waals surface area contributed by atoms with Gasteiger partial charge in [-0.05, 0) is 0 Å². The van der Waals surface area contributed by atoms with E-state index in [1.165, 1.54) is 26.4 Å². The van der Waals surface area contributed by atoms with Crippen molar-refractivity contribution in [1.29, 1.82) is 0 Å². The number of hydrogen-bond donors (Lipinski definition) is 0. The van der Waals surface area contributed by atoms with Gasteiger partial charge >= 0.3 is 5.97 Å². The first kappa shape index (κ1) is 8.45. The highest BCUT2D eigenvalue weighted by atomic mass is 16.5. The molecule has 1 aromatic rings. The maximum Gasteiger partial charge on any atom is 0.309 e. The molecule has 1 rings (SSSR count). The van der Waals surface area contributed by atoms with Gasteiger partial charge in [-0.3, -0.25) is 4.79 Å². The first-order valence-corrected chi connectivity index (χ1v) is 3.27. The second-order valence-corrected chi connectivity index (χ2v) is 1.99. The highest BCUT2D eigenvalue weighted by Crippen LogP contribution is 2.08. The van der Waals surface area contributed by atoms with Crippen LogP contribution in [0.4, 0.5) is 0 Å². The van der Waals surface area contributed by atoms with E-state index in [-0.39, 0.29) is 5.88 Å². The fraction of sp³-hybridized carbons (Fsp3) is 0.286. The molecule has 12 heavy (non-hydrogen) atoms. The van der Waals surface area contributed by atoms with E-state index in [2.05, 4.69) is 14.7 Å². The van der Waals surface area contributed by atoms with Gasteiger partial charge in [0.05, 0.1) is 19.5 Å². The van der Waals surface area contributed by atoms with Gasteiger partial charge in [-0.15, -0.1) is 0 Å². The van der Waals surface area contributed by atoms with Gasteiger partial charge in [-0.1, -0.05) is 0 Å². The second-order valence-electron chi connectivity index (χ2n) is 1.99. The van der Waals surface area contributed by atoms with Crippen molar-refractivity contribution in [2.45, 2.75) is 6.92 Å². The summed E-state index contributed by atoms with van der Waals surface area (Å²) in [6.07, 6.45) is 2.69. The number of carbonyl (C=O) groups excluding carboxylic acids is 1. The summed E-state index contributed by atoms with van der Waals surface area (Å²) >= 11 is 0. The Morgan fingerprint density at radius 2 is 1.92 bits per heavy atom. The summed E-state index contributed by atoms with van der Waals surface area (Å²) in [4.78, 5) is 18.0. The van der Waals surface area contributed by atoms with E-state index in [9.17, 15) is 4.79 Å². The zero-order valence-electron chi connectivity index (χ0n) is 6.77. The molecule has 0 atom stereocenters. The number of nitrogens with zero attached hydrogens (tertiary/aromatic N) is 2. The first-order valence-electron chi connectivity index (χ1n) is 3.27. The predicted octanol–water partition coefficient (Wildman–Crippen LogP) is 0.410. The zero-order chi connectivity index (χ0) is 8.97. The third-order valence-electron chi connectivity index (χ3n) is 1.06. The van der Waals surface area contributed by atoms with Crippen molar-refractivity contribution in [2.75, 3.05) is 7.11 Å². The van der Waals surface area contributed by atoms with Crippen LogP contribution in [0.15, 0.2) is 12.4 Å². The summed E-state index contributed by atoms with van der Waals surface area (Å²) in [6.45, 7) is 1.30. The molecule has 1 heterocycles. The number of carbonyl (C=O) groups is 1. The second kappa shape index (κ2) is 3.66. The van der Waals surface area contributed by atoms with E-state index in [0.29, 0.717) is 5.88 Å². The maximum atomic E-state index is 10.4. The Bertz CT molecular complexity index is 270. The minimum absolute atomic E-state index is 0.170. The van der Waals surface area contributed by atoms with E-state index < -0.39 is 5.97 Å². The Kier molecular flexibility index (Phi) is 2.57. The van der Waals surface area contributed by atoms with Crippen LogP contribution >= 0.6 is 0 Å². The molecule has 0 radical (unpaired) electrons. The molecule has 5 nitrogen and oxygen atoms in total. The molecule has 0 saturated heterocycles. The first-order chi connectivity index (χ1) is 5.72. The molecule has 0 N–H and O–H groups in total. The normalized spacial score (nSPS) is 9.17. The lowest BCUT2D eigenvalue weighted by atomic mass is 10.7. The molecule has 0 saturated carbocycles. The molecule has 0 amide bonds. The molecule has 0 fully saturated rings. The molecule has 0 aliphatic heterocycles. The van der Waals surface area contributed by atoms with E-state index >= 15 is 0 Å². The Hall–Kier alpha value is -1.65. The molecule has 0 spiro atoms. The summed E-state index contributed by atoms with van der Waals surface area (Å²) in [6, 6.07) is 0. The van der Waals surface area contributed by atoms with E-state index in [1.54, 1.807) is 0 Å². The SMILES string of the molecule is COc1cnc(OC(C)=O)cn1. The molecule has 0 aliphatic carbocycles. The highest BCUT2D eigenvalue weighted by Gasteiger charge is 1.99. The molecule has 0 aliphatic rings. The third kappa shape index (κ3) is 2.19. The standard InChI is InChI=1S/C7H8N2O3/c1-5(10)12-7-4-8-6(11-2)3-9-7/h3-4H,1-2H3. The van der Waals surface area contributed by atoms with Crippen LogP contribution in [0.1, 0.15) is 6.92 Å². The summed E-state index contributed by atoms with van der Waals surface area (Å²) in [5.41, 5.74) is 0. The fourth-order valence-corrected chi connectivity index (χ4v) is 0.610. The van der Waals surface area contributed by atoms with Crippen LogP contribution in [0.3, 0.4) is 0 Å².